The third-order valence-corrected chi connectivity index (χ3v) is 2.67. The number of anilines is 1. The predicted octanol–water partition coefficient (Wildman–Crippen LogP) is 2.05. The first kappa shape index (κ1) is 13.4. The van der Waals surface area contributed by atoms with Gasteiger partial charge in [0.25, 0.3) is 5.56 Å². The van der Waals surface area contributed by atoms with Gasteiger partial charge >= 0.3 is 0 Å². The molecule has 0 saturated heterocycles. The van der Waals surface area contributed by atoms with E-state index in [1.54, 1.807) is 0 Å². The van der Waals surface area contributed by atoms with Crippen molar-refractivity contribution < 1.29 is 9.13 Å². The Balaban J connectivity index is 1.82. The maximum absolute atomic E-state index is 12.7. The molecule has 0 fully saturated rings. The molecule has 2 aromatic rings. The number of benzene rings is 1. The van der Waals surface area contributed by atoms with Gasteiger partial charge in [0.15, 0.2) is 0 Å². The standard InChI is InChI=1S/C12H11ClFN3O2/c13-11-10(7-16-17-12(11)18)15-5-6-19-9-3-1-8(14)2-4-9/h1-4,7H,5-6H2,(H2,15,17,18). The van der Waals surface area contributed by atoms with E-state index in [4.69, 9.17) is 16.3 Å². The van der Waals surface area contributed by atoms with E-state index in [0.717, 1.165) is 0 Å². The van der Waals surface area contributed by atoms with E-state index in [1.807, 2.05) is 0 Å². The van der Waals surface area contributed by atoms with Crippen LogP contribution in [0, 0.1) is 5.82 Å². The lowest BCUT2D eigenvalue weighted by molar-refractivity contribution is 0.332. The largest absolute Gasteiger partial charge is 0.492 e. The first-order chi connectivity index (χ1) is 9.16. The average Bonchev–Trinajstić information content (AvgIpc) is 2.41. The zero-order valence-electron chi connectivity index (χ0n) is 9.82. The van der Waals surface area contributed by atoms with Crippen LogP contribution in [0.1, 0.15) is 0 Å². The lowest BCUT2D eigenvalue weighted by Crippen LogP contribution is -2.16. The minimum Gasteiger partial charge on any atom is -0.492 e. The molecule has 0 spiro atoms. The SMILES string of the molecule is O=c1[nH]ncc(NCCOc2ccc(F)cc2)c1Cl. The fourth-order valence-electron chi connectivity index (χ4n) is 1.39. The van der Waals surface area contributed by atoms with Crippen LogP contribution in [0.2, 0.25) is 5.02 Å². The van der Waals surface area contributed by atoms with E-state index in [1.165, 1.54) is 30.5 Å². The van der Waals surface area contributed by atoms with Gasteiger partial charge in [-0.05, 0) is 24.3 Å². The van der Waals surface area contributed by atoms with Crippen LogP contribution in [0.4, 0.5) is 10.1 Å². The smallest absolute Gasteiger partial charge is 0.285 e. The molecule has 19 heavy (non-hydrogen) atoms. The fourth-order valence-corrected chi connectivity index (χ4v) is 1.55. The van der Waals surface area contributed by atoms with E-state index in [9.17, 15) is 9.18 Å². The van der Waals surface area contributed by atoms with Gasteiger partial charge < -0.3 is 10.1 Å². The van der Waals surface area contributed by atoms with Crippen molar-refractivity contribution >= 4 is 17.3 Å². The van der Waals surface area contributed by atoms with Crippen molar-refractivity contribution in [1.29, 1.82) is 0 Å². The summed E-state index contributed by atoms with van der Waals surface area (Å²) in [5.74, 6) is 0.255. The zero-order chi connectivity index (χ0) is 13.7. The molecular formula is C12H11ClFN3O2. The van der Waals surface area contributed by atoms with E-state index in [2.05, 4.69) is 15.5 Å². The Kier molecular flexibility index (Phi) is 4.35. The number of hydrogen-bond donors (Lipinski definition) is 2. The molecule has 1 heterocycles. The number of aromatic nitrogens is 2. The molecular weight excluding hydrogens is 273 g/mol. The summed E-state index contributed by atoms with van der Waals surface area (Å²) in [4.78, 5) is 11.2. The predicted molar refractivity (Wildman–Crippen MR) is 70.3 cm³/mol. The van der Waals surface area contributed by atoms with E-state index < -0.39 is 5.56 Å². The van der Waals surface area contributed by atoms with Crippen LogP contribution >= 0.6 is 11.6 Å². The molecule has 0 atom stereocenters. The molecule has 0 aliphatic rings. The second kappa shape index (κ2) is 6.19. The number of H-pyrrole nitrogens is 1. The third kappa shape index (κ3) is 3.69. The highest BCUT2D eigenvalue weighted by atomic mass is 35.5. The van der Waals surface area contributed by atoms with Gasteiger partial charge in [-0.2, -0.15) is 5.10 Å². The minimum atomic E-state index is -0.453. The number of rotatable bonds is 5. The van der Waals surface area contributed by atoms with Gasteiger partial charge in [-0.15, -0.1) is 0 Å². The van der Waals surface area contributed by atoms with Crippen LogP contribution in [0.25, 0.3) is 0 Å². The molecule has 1 aromatic heterocycles. The second-order valence-electron chi connectivity index (χ2n) is 3.66. The Morgan fingerprint density at radius 3 is 2.84 bits per heavy atom. The minimum absolute atomic E-state index is 0.0526. The Morgan fingerprint density at radius 2 is 2.11 bits per heavy atom. The lowest BCUT2D eigenvalue weighted by Gasteiger charge is -2.08. The summed E-state index contributed by atoms with van der Waals surface area (Å²) in [6, 6.07) is 5.72. The highest BCUT2D eigenvalue weighted by molar-refractivity contribution is 6.32. The number of aromatic amines is 1. The van der Waals surface area contributed by atoms with Crippen molar-refractivity contribution in [2.24, 2.45) is 0 Å². The van der Waals surface area contributed by atoms with Crippen LogP contribution < -0.4 is 15.6 Å². The number of hydrogen-bond acceptors (Lipinski definition) is 4. The first-order valence-corrected chi connectivity index (χ1v) is 5.90. The molecule has 0 saturated carbocycles. The molecule has 2 rings (SSSR count). The summed E-state index contributed by atoms with van der Waals surface area (Å²) in [5.41, 5.74) is -0.0146. The Morgan fingerprint density at radius 1 is 1.37 bits per heavy atom. The maximum atomic E-state index is 12.7. The molecule has 100 valence electrons. The van der Waals surface area contributed by atoms with Gasteiger partial charge in [0.2, 0.25) is 0 Å². The highest BCUT2D eigenvalue weighted by Crippen LogP contribution is 2.14. The number of nitrogens with zero attached hydrogens (tertiary/aromatic N) is 1. The summed E-state index contributed by atoms with van der Waals surface area (Å²) in [6.45, 7) is 0.775. The summed E-state index contributed by atoms with van der Waals surface area (Å²) in [5, 5.41) is 8.82. The van der Waals surface area contributed by atoms with Gasteiger partial charge in [-0.3, -0.25) is 4.79 Å². The van der Waals surface area contributed by atoms with Crippen molar-refractivity contribution in [1.82, 2.24) is 10.2 Å². The Hall–Kier alpha value is -2.08. The van der Waals surface area contributed by atoms with Gasteiger partial charge in [-0.25, -0.2) is 9.49 Å². The molecule has 7 heteroatoms. The summed E-state index contributed by atoms with van der Waals surface area (Å²) in [7, 11) is 0. The van der Waals surface area contributed by atoms with Crippen molar-refractivity contribution in [2.75, 3.05) is 18.5 Å². The van der Waals surface area contributed by atoms with Crippen molar-refractivity contribution in [3.8, 4) is 5.75 Å². The van der Waals surface area contributed by atoms with Crippen molar-refractivity contribution in [3.63, 3.8) is 0 Å². The van der Waals surface area contributed by atoms with E-state index >= 15 is 0 Å². The summed E-state index contributed by atoms with van der Waals surface area (Å²) < 4.78 is 18.0. The monoisotopic (exact) mass is 283 g/mol. The number of ether oxygens (including phenoxy) is 1. The van der Waals surface area contributed by atoms with Gasteiger partial charge in [0, 0.05) is 6.54 Å². The number of halogens is 2. The summed E-state index contributed by atoms with van der Waals surface area (Å²) in [6.07, 6.45) is 1.42. The molecule has 2 N–H and O–H groups in total. The average molecular weight is 284 g/mol. The highest BCUT2D eigenvalue weighted by Gasteiger charge is 2.03. The van der Waals surface area contributed by atoms with Gasteiger partial charge in [0.05, 0.1) is 11.9 Å². The fraction of sp³-hybridized carbons (Fsp3) is 0.167. The quantitative estimate of drug-likeness (QED) is 0.824. The van der Waals surface area contributed by atoms with Crippen molar-refractivity contribution in [3.05, 3.63) is 51.7 Å². The summed E-state index contributed by atoms with van der Waals surface area (Å²) >= 11 is 5.78. The van der Waals surface area contributed by atoms with Gasteiger partial charge in [-0.1, -0.05) is 11.6 Å². The molecule has 0 radical (unpaired) electrons. The maximum Gasteiger partial charge on any atom is 0.285 e. The number of nitrogens with one attached hydrogen (secondary N) is 2. The van der Waals surface area contributed by atoms with Crippen LogP contribution in [0.3, 0.4) is 0 Å². The van der Waals surface area contributed by atoms with E-state index in [-0.39, 0.29) is 10.8 Å². The van der Waals surface area contributed by atoms with E-state index in [0.29, 0.717) is 24.6 Å². The normalized spacial score (nSPS) is 10.2. The Labute approximate surface area is 113 Å². The lowest BCUT2D eigenvalue weighted by atomic mass is 10.3. The first-order valence-electron chi connectivity index (χ1n) is 5.52. The molecule has 1 aromatic carbocycles. The molecule has 0 aliphatic carbocycles. The van der Waals surface area contributed by atoms with Gasteiger partial charge in [0.1, 0.15) is 23.2 Å². The topological polar surface area (TPSA) is 67.0 Å². The van der Waals surface area contributed by atoms with Crippen LogP contribution in [-0.2, 0) is 0 Å². The molecule has 0 amide bonds. The van der Waals surface area contributed by atoms with Crippen LogP contribution in [0.5, 0.6) is 5.75 Å². The Bertz CT molecular complexity index is 601. The van der Waals surface area contributed by atoms with Crippen LogP contribution in [0.15, 0.2) is 35.3 Å². The van der Waals surface area contributed by atoms with Crippen molar-refractivity contribution in [2.45, 2.75) is 0 Å². The zero-order valence-corrected chi connectivity index (χ0v) is 10.6. The van der Waals surface area contributed by atoms with Crippen LogP contribution in [-0.4, -0.2) is 23.3 Å². The molecule has 0 aliphatic heterocycles. The third-order valence-electron chi connectivity index (χ3n) is 2.30. The molecule has 0 bridgehead atoms. The second-order valence-corrected chi connectivity index (χ2v) is 4.03. The molecule has 5 nitrogen and oxygen atoms in total. The molecule has 0 unspecified atom stereocenters.